The Morgan fingerprint density at radius 1 is 0.636 bits per heavy atom. The molecule has 0 amide bonds. The van der Waals surface area contributed by atoms with Gasteiger partial charge in [-0.25, -0.2) is 0 Å². The summed E-state index contributed by atoms with van der Waals surface area (Å²) >= 11 is 0. The molecule has 1 radical (unpaired) electrons. The van der Waals surface area contributed by atoms with E-state index >= 15 is 0 Å². The molecule has 0 heterocycles. The normalized spacial score (nSPS) is 9.18. The largest absolute Gasteiger partial charge is 0.333 e. The van der Waals surface area contributed by atoms with Crippen LogP contribution in [0.25, 0.3) is 0 Å². The average Bonchev–Trinajstić information content (AvgIpc) is 2.22. The Kier molecular flexibility index (Phi) is 17.7. The van der Waals surface area contributed by atoms with Gasteiger partial charge in [0.2, 0.25) is 0 Å². The summed E-state index contributed by atoms with van der Waals surface area (Å²) in [5.74, 6) is -2.90. The number of hydrogen-bond donors (Lipinski definition) is 0. The minimum atomic E-state index is -0.724. The van der Waals surface area contributed by atoms with E-state index in [1.807, 2.05) is 0 Å². The van der Waals surface area contributed by atoms with E-state index in [0.29, 0.717) is 10.5 Å². The summed E-state index contributed by atoms with van der Waals surface area (Å²) in [6.45, 7) is 3.97. The number of nitrogens with zero attached hydrogens (tertiary/aromatic N) is 2. The summed E-state index contributed by atoms with van der Waals surface area (Å²) in [6, 6.07) is 0. The summed E-state index contributed by atoms with van der Waals surface area (Å²) in [5.41, 5.74) is 0. The van der Waals surface area contributed by atoms with E-state index in [1.165, 1.54) is 0 Å². The Labute approximate surface area is 180 Å². The second-order valence-electron chi connectivity index (χ2n) is 3.44. The summed E-state index contributed by atoms with van der Waals surface area (Å²) < 4.78 is 0. The zero-order valence-corrected chi connectivity index (χ0v) is 17.2. The smallest absolute Gasteiger partial charge is 0.326 e. The molecule has 0 aliphatic heterocycles. The minimum Gasteiger partial charge on any atom is -0.333 e. The fourth-order valence-electron chi connectivity index (χ4n) is 0.957. The van der Waals surface area contributed by atoms with Crippen LogP contribution in [0.2, 0.25) is 0 Å². The van der Waals surface area contributed by atoms with E-state index < -0.39 is 23.9 Å². The molecule has 0 bridgehead atoms. The molecule has 0 saturated heterocycles. The van der Waals surface area contributed by atoms with Gasteiger partial charge in [0.15, 0.2) is 0 Å². The molecular formula is C10H16FeKN2O8. The number of rotatable bonds is 7. The Bertz CT molecular complexity index is 327. The summed E-state index contributed by atoms with van der Waals surface area (Å²) in [4.78, 5) is 61.4. The van der Waals surface area contributed by atoms with Crippen LogP contribution in [0.4, 0.5) is 0 Å². The van der Waals surface area contributed by atoms with Crippen molar-refractivity contribution in [1.29, 1.82) is 0 Å². The van der Waals surface area contributed by atoms with Gasteiger partial charge in [-0.05, 0) is 0 Å². The zero-order chi connectivity index (χ0) is 15.7. The van der Waals surface area contributed by atoms with Crippen molar-refractivity contribution in [2.24, 2.45) is 0 Å². The van der Waals surface area contributed by atoms with Crippen molar-refractivity contribution in [2.75, 3.05) is 13.1 Å². The van der Waals surface area contributed by atoms with E-state index in [0.717, 1.165) is 27.7 Å². The Balaban J connectivity index is -0.00000180. The molecule has 0 aliphatic rings. The van der Waals surface area contributed by atoms with Crippen molar-refractivity contribution in [1.82, 2.24) is 10.5 Å². The van der Waals surface area contributed by atoms with Gasteiger partial charge >= 0.3 is 23.9 Å². The van der Waals surface area contributed by atoms with Crippen molar-refractivity contribution in [3.8, 4) is 0 Å². The monoisotopic (exact) mass is 387 g/mol. The number of carbonyl (C=O) groups excluding carboxylic acids is 4. The van der Waals surface area contributed by atoms with Crippen LogP contribution in [-0.2, 0) is 55.6 Å². The SMILES string of the molecule is CC(=O)ON(CCN(OC(C)=O)OC(C)=O)OC(C)=O.[Fe].[K]. The molecule has 123 valence electrons. The van der Waals surface area contributed by atoms with E-state index in [4.69, 9.17) is 0 Å². The fraction of sp³-hybridized carbons (Fsp3) is 0.600. The van der Waals surface area contributed by atoms with Gasteiger partial charge in [-0.1, -0.05) is 0 Å². The third-order valence-corrected chi connectivity index (χ3v) is 1.39. The van der Waals surface area contributed by atoms with Gasteiger partial charge in [-0.2, -0.15) is 0 Å². The van der Waals surface area contributed by atoms with Crippen molar-refractivity contribution >= 4 is 75.3 Å². The third-order valence-electron chi connectivity index (χ3n) is 1.39. The van der Waals surface area contributed by atoms with Crippen LogP contribution < -0.4 is 0 Å². The van der Waals surface area contributed by atoms with Gasteiger partial charge in [0, 0.05) is 107 Å². The van der Waals surface area contributed by atoms with Gasteiger partial charge in [-0.3, -0.25) is 19.2 Å². The fourth-order valence-corrected chi connectivity index (χ4v) is 0.957. The van der Waals surface area contributed by atoms with Crippen LogP contribution in [0.1, 0.15) is 27.7 Å². The van der Waals surface area contributed by atoms with Crippen LogP contribution in [-0.4, -0.2) is 98.8 Å². The standard InChI is InChI=1S/C10H16N2O8.Fe.K/c1-7(13)17-11(18-8(2)14)5-6-12(19-9(3)15)20-10(4)16;;/h5-6H2,1-4H3;;. The maximum atomic E-state index is 10.8. The molecule has 0 aromatic carbocycles. The Hall–Kier alpha value is -0.0442. The summed E-state index contributed by atoms with van der Waals surface area (Å²) in [7, 11) is 0. The van der Waals surface area contributed by atoms with Crippen molar-refractivity contribution in [3.05, 3.63) is 0 Å². The predicted octanol–water partition coefficient (Wildman–Crippen LogP) is -0.880. The minimum absolute atomic E-state index is 0. The van der Waals surface area contributed by atoms with E-state index in [1.54, 1.807) is 0 Å². The van der Waals surface area contributed by atoms with Crippen LogP contribution in [0, 0.1) is 0 Å². The second-order valence-corrected chi connectivity index (χ2v) is 3.44. The molecule has 0 N–H and O–H groups in total. The number of carbonyl (C=O) groups is 4. The zero-order valence-electron chi connectivity index (χ0n) is 12.9. The molecule has 0 spiro atoms. The van der Waals surface area contributed by atoms with E-state index in [-0.39, 0.29) is 81.5 Å². The Morgan fingerprint density at radius 3 is 0.955 bits per heavy atom. The molecule has 12 heteroatoms. The second kappa shape index (κ2) is 14.5. The molecule has 0 aromatic heterocycles. The third kappa shape index (κ3) is 16.3. The molecule has 0 aromatic rings. The first-order chi connectivity index (χ1) is 9.20. The van der Waals surface area contributed by atoms with E-state index in [9.17, 15) is 19.2 Å². The van der Waals surface area contributed by atoms with Crippen molar-refractivity contribution in [3.63, 3.8) is 0 Å². The average molecular weight is 387 g/mol. The van der Waals surface area contributed by atoms with Crippen LogP contribution in [0.5, 0.6) is 0 Å². The van der Waals surface area contributed by atoms with Crippen LogP contribution in [0.3, 0.4) is 0 Å². The van der Waals surface area contributed by atoms with Crippen LogP contribution in [0.15, 0.2) is 0 Å². The van der Waals surface area contributed by atoms with Crippen LogP contribution >= 0.6 is 0 Å². The summed E-state index contributed by atoms with van der Waals surface area (Å²) in [6.07, 6.45) is 0. The molecule has 0 unspecified atom stereocenters. The first-order valence-corrected chi connectivity index (χ1v) is 5.50. The molecular weight excluding hydrogens is 371 g/mol. The maximum Gasteiger partial charge on any atom is 0.326 e. The van der Waals surface area contributed by atoms with Crippen molar-refractivity contribution in [2.45, 2.75) is 27.7 Å². The Morgan fingerprint density at radius 2 is 0.818 bits per heavy atom. The first-order valence-electron chi connectivity index (χ1n) is 5.50. The van der Waals surface area contributed by atoms with Gasteiger partial charge in [0.1, 0.15) is 0 Å². The number of hydrogen-bond acceptors (Lipinski definition) is 10. The molecule has 0 aliphatic carbocycles. The predicted molar refractivity (Wildman–Crippen MR) is 66.2 cm³/mol. The molecule has 0 rings (SSSR count). The summed E-state index contributed by atoms with van der Waals surface area (Å²) in [5, 5.41) is 1.15. The molecule has 0 fully saturated rings. The van der Waals surface area contributed by atoms with E-state index in [2.05, 4.69) is 19.4 Å². The quantitative estimate of drug-likeness (QED) is 0.403. The first kappa shape index (κ1) is 26.8. The maximum absolute atomic E-state index is 10.8. The van der Waals surface area contributed by atoms with Gasteiger partial charge < -0.3 is 19.4 Å². The molecule has 0 atom stereocenters. The topological polar surface area (TPSA) is 112 Å². The van der Waals surface area contributed by atoms with Gasteiger partial charge in [0.05, 0.1) is 13.1 Å². The van der Waals surface area contributed by atoms with Gasteiger partial charge in [-0.15, -0.1) is 0 Å². The molecule has 0 saturated carbocycles. The molecule has 10 nitrogen and oxygen atoms in total. The van der Waals surface area contributed by atoms with Gasteiger partial charge in [0.25, 0.3) is 0 Å². The number of hydroxylamine groups is 4. The molecule has 22 heavy (non-hydrogen) atoms. The van der Waals surface area contributed by atoms with Crippen molar-refractivity contribution < 1.29 is 55.6 Å².